The molecule has 0 aliphatic carbocycles. The molecule has 1 N–H and O–H groups in total. The van der Waals surface area contributed by atoms with E-state index in [-0.39, 0.29) is 5.91 Å². The molecule has 1 aromatic carbocycles. The lowest BCUT2D eigenvalue weighted by atomic mass is 10.2. The Hall–Kier alpha value is -3.19. The van der Waals surface area contributed by atoms with Gasteiger partial charge in [0.2, 0.25) is 0 Å². The Morgan fingerprint density at radius 2 is 1.87 bits per heavy atom. The van der Waals surface area contributed by atoms with Crippen molar-refractivity contribution in [3.8, 4) is 5.75 Å². The molecular weight excluding hydrogens is 396 g/mol. The van der Waals surface area contributed by atoms with Crippen LogP contribution in [0.4, 0.5) is 0 Å². The molecule has 1 amide bonds. The van der Waals surface area contributed by atoms with Crippen molar-refractivity contribution in [2.45, 2.75) is 33.8 Å². The largest absolute Gasteiger partial charge is 0.487 e. The Bertz CT molecular complexity index is 1180. The Morgan fingerprint density at radius 1 is 1.07 bits per heavy atom. The number of carbonyl (C=O) groups is 1. The van der Waals surface area contributed by atoms with Gasteiger partial charge in [0.1, 0.15) is 18.0 Å². The molecule has 3 heterocycles. The molecule has 0 saturated carbocycles. The third-order valence-electron chi connectivity index (χ3n) is 4.79. The van der Waals surface area contributed by atoms with Gasteiger partial charge in [-0.25, -0.2) is 9.97 Å². The molecule has 4 aromatic rings. The van der Waals surface area contributed by atoms with Crippen molar-refractivity contribution in [3.05, 3.63) is 81.2 Å². The number of benzene rings is 1. The van der Waals surface area contributed by atoms with Crippen molar-refractivity contribution in [2.75, 3.05) is 6.54 Å². The minimum absolute atomic E-state index is 0.0869. The van der Waals surface area contributed by atoms with E-state index in [1.54, 1.807) is 23.5 Å². The number of ether oxygens (including phenoxy) is 1. The van der Waals surface area contributed by atoms with E-state index in [0.29, 0.717) is 24.5 Å². The lowest BCUT2D eigenvalue weighted by Gasteiger charge is -2.07. The van der Waals surface area contributed by atoms with Crippen LogP contribution in [0, 0.1) is 20.8 Å². The lowest BCUT2D eigenvalue weighted by Crippen LogP contribution is -2.25. The van der Waals surface area contributed by atoms with Crippen molar-refractivity contribution in [1.29, 1.82) is 0 Å². The van der Waals surface area contributed by atoms with Crippen LogP contribution >= 0.6 is 11.3 Å². The summed E-state index contributed by atoms with van der Waals surface area (Å²) in [5.41, 5.74) is 4.60. The van der Waals surface area contributed by atoms with Crippen LogP contribution in [0.2, 0.25) is 0 Å². The average Bonchev–Trinajstić information content (AvgIpc) is 3.28. The summed E-state index contributed by atoms with van der Waals surface area (Å²) in [5.74, 6) is 0.617. The predicted octanol–water partition coefficient (Wildman–Crippen LogP) is 4.27. The van der Waals surface area contributed by atoms with Crippen molar-refractivity contribution in [2.24, 2.45) is 0 Å². The highest BCUT2D eigenvalue weighted by Crippen LogP contribution is 2.18. The number of aromatic nitrogens is 3. The van der Waals surface area contributed by atoms with Gasteiger partial charge < -0.3 is 14.5 Å². The molecule has 6 nitrogen and oxygen atoms in total. The maximum absolute atomic E-state index is 12.4. The zero-order chi connectivity index (χ0) is 21.1. The number of carbonyl (C=O) groups excluding carboxylic acids is 1. The van der Waals surface area contributed by atoms with E-state index in [1.165, 1.54) is 10.4 Å². The smallest absolute Gasteiger partial charge is 0.251 e. The number of rotatable bonds is 7. The second kappa shape index (κ2) is 8.67. The molecule has 7 heteroatoms. The maximum Gasteiger partial charge on any atom is 0.251 e. The van der Waals surface area contributed by atoms with Crippen molar-refractivity contribution >= 4 is 22.9 Å². The van der Waals surface area contributed by atoms with Gasteiger partial charge in [0.25, 0.3) is 5.91 Å². The highest BCUT2D eigenvalue weighted by Gasteiger charge is 2.09. The van der Waals surface area contributed by atoms with Gasteiger partial charge in [-0.05, 0) is 56.7 Å². The molecule has 0 atom stereocenters. The van der Waals surface area contributed by atoms with Gasteiger partial charge in [-0.2, -0.15) is 0 Å². The van der Waals surface area contributed by atoms with E-state index in [2.05, 4.69) is 22.2 Å². The summed E-state index contributed by atoms with van der Waals surface area (Å²) in [4.78, 5) is 22.6. The van der Waals surface area contributed by atoms with E-state index < -0.39 is 0 Å². The zero-order valence-corrected chi connectivity index (χ0v) is 18.1. The molecule has 0 aliphatic rings. The monoisotopic (exact) mass is 420 g/mol. The molecule has 154 valence electrons. The van der Waals surface area contributed by atoms with E-state index in [9.17, 15) is 4.79 Å². The number of hydrogen-bond donors (Lipinski definition) is 1. The highest BCUT2D eigenvalue weighted by atomic mass is 32.1. The normalized spacial score (nSPS) is 11.0. The van der Waals surface area contributed by atoms with E-state index in [1.807, 2.05) is 54.9 Å². The molecule has 0 radical (unpaired) electrons. The Kier molecular flexibility index (Phi) is 5.81. The van der Waals surface area contributed by atoms with Gasteiger partial charge in [-0.15, -0.1) is 11.3 Å². The van der Waals surface area contributed by atoms with Gasteiger partial charge in [0.15, 0.2) is 0 Å². The fourth-order valence-electron chi connectivity index (χ4n) is 3.28. The number of nitrogens with zero attached hydrogens (tertiary/aromatic N) is 3. The molecule has 3 aromatic heterocycles. The van der Waals surface area contributed by atoms with E-state index >= 15 is 0 Å². The van der Waals surface area contributed by atoms with Gasteiger partial charge in [0.05, 0.1) is 16.4 Å². The Labute approximate surface area is 179 Å². The number of hydrogen-bond acceptors (Lipinski definition) is 5. The van der Waals surface area contributed by atoms with Crippen LogP contribution in [-0.4, -0.2) is 26.8 Å². The summed E-state index contributed by atoms with van der Waals surface area (Å²) in [6.07, 6.45) is 4.80. The molecule has 0 spiro atoms. The second-order valence-electron chi connectivity index (χ2n) is 7.26. The van der Waals surface area contributed by atoms with Crippen LogP contribution < -0.4 is 10.1 Å². The molecule has 0 aliphatic heterocycles. The molecule has 0 bridgehead atoms. The summed E-state index contributed by atoms with van der Waals surface area (Å²) >= 11 is 1.68. The van der Waals surface area contributed by atoms with Crippen LogP contribution in [0.5, 0.6) is 5.75 Å². The van der Waals surface area contributed by atoms with Crippen molar-refractivity contribution < 1.29 is 9.53 Å². The third-order valence-corrected chi connectivity index (χ3v) is 5.92. The number of thiazole rings is 1. The van der Waals surface area contributed by atoms with Crippen LogP contribution in [0.15, 0.2) is 48.8 Å². The fraction of sp³-hybridized carbons (Fsp3) is 0.261. The van der Waals surface area contributed by atoms with Gasteiger partial charge in [-0.3, -0.25) is 4.79 Å². The summed E-state index contributed by atoms with van der Waals surface area (Å²) in [5, 5.41) is 4.03. The topological polar surface area (TPSA) is 68.5 Å². The summed E-state index contributed by atoms with van der Waals surface area (Å²) in [6, 6.07) is 11.2. The van der Waals surface area contributed by atoms with E-state index in [4.69, 9.17) is 4.74 Å². The number of amides is 1. The molecule has 30 heavy (non-hydrogen) atoms. The van der Waals surface area contributed by atoms with Gasteiger partial charge in [-0.1, -0.05) is 6.07 Å². The molecular formula is C23H24N4O2S. The first-order valence-corrected chi connectivity index (χ1v) is 10.7. The quantitative estimate of drug-likeness (QED) is 0.485. The third kappa shape index (κ3) is 4.68. The minimum atomic E-state index is -0.0869. The summed E-state index contributed by atoms with van der Waals surface area (Å²) in [7, 11) is 0. The number of fused-ring (bicyclic) bond motifs is 1. The molecule has 0 fully saturated rings. The molecule has 0 saturated heterocycles. The highest BCUT2D eigenvalue weighted by molar-refractivity contribution is 7.11. The standard InChI is InChI=1S/C23H24N4O2S/c1-15-4-9-22-26-19(13-27(22)12-15)14-29-20-7-5-18(6-8-20)23(28)24-11-10-21-16(2)25-17(3)30-21/h4-9,12-13H,10-11,14H2,1-3H3,(H,24,28). The van der Waals surface area contributed by atoms with E-state index in [0.717, 1.165) is 28.5 Å². The van der Waals surface area contributed by atoms with Crippen molar-refractivity contribution in [3.63, 3.8) is 0 Å². The van der Waals surface area contributed by atoms with Crippen molar-refractivity contribution in [1.82, 2.24) is 19.7 Å². The molecule has 4 rings (SSSR count). The van der Waals surface area contributed by atoms with Gasteiger partial charge >= 0.3 is 0 Å². The average molecular weight is 421 g/mol. The number of nitrogens with one attached hydrogen (secondary N) is 1. The first-order valence-electron chi connectivity index (χ1n) is 9.86. The van der Waals surface area contributed by atoms with Crippen LogP contribution in [0.1, 0.15) is 37.2 Å². The Balaban J connectivity index is 1.29. The first-order chi connectivity index (χ1) is 14.5. The second-order valence-corrected chi connectivity index (χ2v) is 8.55. The SMILES string of the molecule is Cc1ccc2nc(COc3ccc(C(=O)NCCc4sc(C)nc4C)cc3)cn2c1. The lowest BCUT2D eigenvalue weighted by molar-refractivity contribution is 0.0954. The number of aryl methyl sites for hydroxylation is 3. The van der Waals surface area contributed by atoms with Crippen LogP contribution in [0.25, 0.3) is 5.65 Å². The Morgan fingerprint density at radius 3 is 2.60 bits per heavy atom. The van der Waals surface area contributed by atoms with Crippen LogP contribution in [-0.2, 0) is 13.0 Å². The minimum Gasteiger partial charge on any atom is -0.487 e. The number of imidazole rings is 1. The van der Waals surface area contributed by atoms with Gasteiger partial charge in [0, 0.05) is 35.8 Å². The molecule has 0 unspecified atom stereocenters. The summed E-state index contributed by atoms with van der Waals surface area (Å²) in [6.45, 7) is 7.02. The fourth-order valence-corrected chi connectivity index (χ4v) is 4.22. The van der Waals surface area contributed by atoms with Crippen LogP contribution in [0.3, 0.4) is 0 Å². The first kappa shape index (κ1) is 20.1. The summed E-state index contributed by atoms with van der Waals surface area (Å²) < 4.78 is 7.82. The maximum atomic E-state index is 12.4. The zero-order valence-electron chi connectivity index (χ0n) is 17.3. The predicted molar refractivity (Wildman–Crippen MR) is 118 cm³/mol. The number of pyridine rings is 1.